The molecule has 0 spiro atoms. The molecule has 15 nitrogen and oxygen atoms in total. The second-order valence-electron chi connectivity index (χ2n) is 15.4. The summed E-state index contributed by atoms with van der Waals surface area (Å²) in [5, 5.41) is 5.37. The summed E-state index contributed by atoms with van der Waals surface area (Å²) in [4.78, 5) is 70.9. The van der Waals surface area contributed by atoms with Crippen molar-refractivity contribution in [3.05, 3.63) is 71.5 Å². The third-order valence-electron chi connectivity index (χ3n) is 10.9. The molecule has 4 amide bonds. The van der Waals surface area contributed by atoms with E-state index in [1.54, 1.807) is 22.3 Å². The van der Waals surface area contributed by atoms with Gasteiger partial charge in [0.1, 0.15) is 34.6 Å². The standard InChI is InChI=1S/C41H51ClN8O7S/c1-22(2)32(46-40(53)56-5)38(51)49-18-8-9-30(49)36-43-20-29(44-36)26-14-10-24(11-15-26)25-12-16-27(17-13-25)34-35(42)48-37(45-34)31-19-28(58(7)55)21-50(31)39(52)33(23(3)4)47-41(54)57-6/h10-17,20,22-23,28,30-33H,8-9,18-19,21H2,1-7H3,(H,43,44)(H,45,48)(H,46,53)(H,47,54)/t28-,30?,31-,32-,33-,58?/m0/s1. The summed E-state index contributed by atoms with van der Waals surface area (Å²) in [5.74, 6) is 0.360. The number of nitrogens with zero attached hydrogens (tertiary/aromatic N) is 4. The molecule has 2 fully saturated rings. The molecular formula is C41H51ClN8O7S. The number of carbonyl (C=O) groups is 4. The van der Waals surface area contributed by atoms with Crippen molar-refractivity contribution in [3.63, 3.8) is 0 Å². The second kappa shape index (κ2) is 18.1. The molecule has 0 aliphatic carbocycles. The zero-order valence-electron chi connectivity index (χ0n) is 33.7. The molecule has 2 aliphatic heterocycles. The summed E-state index contributed by atoms with van der Waals surface area (Å²) in [6.45, 7) is 8.27. The molecule has 4 aromatic rings. The number of methoxy groups -OCH3 is 2. The number of hydrogen-bond donors (Lipinski definition) is 4. The first-order valence-electron chi connectivity index (χ1n) is 19.3. The highest BCUT2D eigenvalue weighted by atomic mass is 35.5. The first-order valence-corrected chi connectivity index (χ1v) is 21.3. The molecule has 0 bridgehead atoms. The van der Waals surface area contributed by atoms with Crippen LogP contribution >= 0.6 is 11.6 Å². The Balaban J connectivity index is 1.15. The lowest BCUT2D eigenvalue weighted by atomic mass is 10.0. The Bertz CT molecular complexity index is 2140. The van der Waals surface area contributed by atoms with Crippen molar-refractivity contribution in [1.82, 2.24) is 40.4 Å². The Morgan fingerprint density at radius 2 is 1.33 bits per heavy atom. The third-order valence-corrected chi connectivity index (χ3v) is 12.5. The van der Waals surface area contributed by atoms with Gasteiger partial charge in [0.05, 0.1) is 43.4 Å². The van der Waals surface area contributed by atoms with Crippen LogP contribution in [0.25, 0.3) is 33.6 Å². The van der Waals surface area contributed by atoms with Crippen molar-refractivity contribution in [2.75, 3.05) is 33.6 Å². The minimum Gasteiger partial charge on any atom is -0.453 e. The molecule has 0 radical (unpaired) electrons. The van der Waals surface area contributed by atoms with Gasteiger partial charge in [0.2, 0.25) is 11.8 Å². The minimum atomic E-state index is -1.20. The van der Waals surface area contributed by atoms with Gasteiger partial charge in [-0.2, -0.15) is 0 Å². The average molecular weight is 835 g/mol. The fourth-order valence-corrected chi connectivity index (χ4v) is 8.72. The highest BCUT2D eigenvalue weighted by Crippen LogP contribution is 2.38. The fraction of sp³-hybridized carbons (Fsp3) is 0.463. The largest absolute Gasteiger partial charge is 0.453 e. The van der Waals surface area contributed by atoms with Gasteiger partial charge < -0.3 is 39.9 Å². The fourth-order valence-electron chi connectivity index (χ4n) is 7.65. The topological polar surface area (TPSA) is 192 Å². The average Bonchev–Trinajstić information content (AvgIpc) is 4.04. The first kappa shape index (κ1) is 42.4. The molecule has 4 N–H and O–H groups in total. The normalized spacial score (nSPS) is 19.6. The van der Waals surface area contributed by atoms with Gasteiger partial charge in [-0.25, -0.2) is 19.6 Å². The number of aromatic amines is 2. The SMILES string of the molecule is COC(=O)N[C@H](C(=O)N1CCCC1c1ncc(-c2ccc(-c3ccc(-c4nc([C@@H]5C[C@H](S(C)=O)CN5C(=O)[C@@H](NC(=O)OC)C(C)C)[nH]c4Cl)cc3)cc2)[nH]1)C(C)C. The van der Waals surface area contributed by atoms with Crippen LogP contribution in [0.15, 0.2) is 54.7 Å². The number of amides is 4. The Morgan fingerprint density at radius 3 is 1.86 bits per heavy atom. The Labute approximate surface area is 345 Å². The number of halogens is 1. The highest BCUT2D eigenvalue weighted by molar-refractivity contribution is 7.84. The van der Waals surface area contributed by atoms with Crippen molar-refractivity contribution in [1.29, 1.82) is 0 Å². The van der Waals surface area contributed by atoms with E-state index >= 15 is 0 Å². The maximum Gasteiger partial charge on any atom is 0.407 e. The van der Waals surface area contributed by atoms with E-state index in [2.05, 4.69) is 25.6 Å². The van der Waals surface area contributed by atoms with Crippen LogP contribution in [-0.2, 0) is 29.9 Å². The van der Waals surface area contributed by atoms with E-state index in [4.69, 9.17) is 26.1 Å². The molecule has 2 unspecified atom stereocenters. The molecule has 6 rings (SSSR count). The van der Waals surface area contributed by atoms with Crippen LogP contribution in [0, 0.1) is 11.8 Å². The van der Waals surface area contributed by atoms with E-state index in [1.807, 2.05) is 76.2 Å². The number of likely N-dealkylation sites (tertiary alicyclic amines) is 2. The molecule has 2 aromatic heterocycles. The number of hydrogen-bond acceptors (Lipinski definition) is 9. The van der Waals surface area contributed by atoms with Crippen molar-refractivity contribution < 1.29 is 32.9 Å². The van der Waals surface area contributed by atoms with Crippen LogP contribution in [0.5, 0.6) is 0 Å². The van der Waals surface area contributed by atoms with Crippen LogP contribution in [0.4, 0.5) is 9.59 Å². The molecule has 2 aromatic carbocycles. The highest BCUT2D eigenvalue weighted by Gasteiger charge is 2.43. The van der Waals surface area contributed by atoms with Gasteiger partial charge in [0.25, 0.3) is 0 Å². The lowest BCUT2D eigenvalue weighted by Crippen LogP contribution is -2.51. The summed E-state index contributed by atoms with van der Waals surface area (Å²) < 4.78 is 22.1. The van der Waals surface area contributed by atoms with Gasteiger partial charge >= 0.3 is 12.2 Å². The Hall–Kier alpha value is -5.22. The van der Waals surface area contributed by atoms with E-state index in [0.29, 0.717) is 35.5 Å². The van der Waals surface area contributed by atoms with Crippen LogP contribution in [0.2, 0.25) is 5.15 Å². The molecule has 310 valence electrons. The Kier molecular flexibility index (Phi) is 13.3. The monoisotopic (exact) mass is 834 g/mol. The van der Waals surface area contributed by atoms with Gasteiger partial charge in [0, 0.05) is 35.7 Å². The second-order valence-corrected chi connectivity index (χ2v) is 17.4. The van der Waals surface area contributed by atoms with Gasteiger partial charge in [-0.05, 0) is 47.8 Å². The summed E-state index contributed by atoms with van der Waals surface area (Å²) in [5.41, 5.74) is 5.04. The molecule has 2 aliphatic rings. The maximum atomic E-state index is 13.8. The lowest BCUT2D eigenvalue weighted by molar-refractivity contribution is -0.136. The van der Waals surface area contributed by atoms with Gasteiger partial charge in [-0.3, -0.25) is 13.8 Å². The van der Waals surface area contributed by atoms with E-state index in [9.17, 15) is 23.4 Å². The predicted molar refractivity (Wildman–Crippen MR) is 221 cm³/mol. The number of alkyl carbamates (subject to hydrolysis) is 2. The van der Waals surface area contributed by atoms with E-state index in [-0.39, 0.29) is 41.5 Å². The van der Waals surface area contributed by atoms with Crippen LogP contribution < -0.4 is 10.6 Å². The van der Waals surface area contributed by atoms with E-state index < -0.39 is 41.1 Å². The Morgan fingerprint density at radius 1 is 0.793 bits per heavy atom. The van der Waals surface area contributed by atoms with Crippen LogP contribution in [0.1, 0.15) is 70.7 Å². The van der Waals surface area contributed by atoms with Crippen LogP contribution in [0.3, 0.4) is 0 Å². The predicted octanol–water partition coefficient (Wildman–Crippen LogP) is 6.23. The molecule has 17 heteroatoms. The zero-order valence-corrected chi connectivity index (χ0v) is 35.3. The third kappa shape index (κ3) is 9.07. The molecule has 4 heterocycles. The van der Waals surface area contributed by atoms with Crippen molar-refractivity contribution in [3.8, 4) is 33.6 Å². The maximum absolute atomic E-state index is 13.8. The number of ether oxygens (including phenoxy) is 2. The number of benzene rings is 2. The van der Waals surface area contributed by atoms with Crippen molar-refractivity contribution in [2.24, 2.45) is 11.8 Å². The molecular weight excluding hydrogens is 784 g/mol. The smallest absolute Gasteiger partial charge is 0.407 e. The summed E-state index contributed by atoms with van der Waals surface area (Å²) in [7, 11) is 1.33. The molecule has 6 atom stereocenters. The van der Waals surface area contributed by atoms with Gasteiger partial charge in [0.15, 0.2) is 0 Å². The van der Waals surface area contributed by atoms with Crippen LogP contribution in [-0.4, -0.2) is 109 Å². The number of carbonyl (C=O) groups excluding carboxylic acids is 4. The van der Waals surface area contributed by atoms with Crippen molar-refractivity contribution in [2.45, 2.75) is 76.4 Å². The number of H-pyrrole nitrogens is 2. The number of imidazole rings is 2. The van der Waals surface area contributed by atoms with E-state index in [1.165, 1.54) is 14.2 Å². The van der Waals surface area contributed by atoms with Crippen molar-refractivity contribution >= 4 is 46.4 Å². The van der Waals surface area contributed by atoms with Gasteiger partial charge in [-0.15, -0.1) is 0 Å². The number of nitrogens with one attached hydrogen (secondary N) is 4. The zero-order chi connectivity index (χ0) is 41.8. The minimum absolute atomic E-state index is 0.121. The van der Waals surface area contributed by atoms with E-state index in [0.717, 1.165) is 40.8 Å². The first-order chi connectivity index (χ1) is 27.7. The van der Waals surface area contributed by atoms with Gasteiger partial charge in [-0.1, -0.05) is 87.8 Å². The summed E-state index contributed by atoms with van der Waals surface area (Å²) >= 11 is 6.73. The summed E-state index contributed by atoms with van der Waals surface area (Å²) in [6, 6.07) is 13.6. The number of rotatable bonds is 12. The molecule has 2 saturated heterocycles. The lowest BCUT2D eigenvalue weighted by Gasteiger charge is -2.30. The molecule has 0 saturated carbocycles. The molecule has 58 heavy (non-hydrogen) atoms. The number of aromatic nitrogens is 4. The summed E-state index contributed by atoms with van der Waals surface area (Å²) in [6.07, 6.45) is 4.07. The quantitative estimate of drug-likeness (QED) is 0.128.